The average molecular weight is 376 g/mol. The third-order valence-corrected chi connectivity index (χ3v) is 5.17. The lowest BCUT2D eigenvalue weighted by Gasteiger charge is -2.18. The van der Waals surface area contributed by atoms with Gasteiger partial charge in [-0.05, 0) is 23.8 Å². The average Bonchev–Trinajstić information content (AvgIpc) is 3.16. The molecule has 2 aromatic heterocycles. The van der Waals surface area contributed by atoms with Crippen molar-refractivity contribution in [2.45, 2.75) is 10.9 Å². The molecule has 4 aromatic rings. The van der Waals surface area contributed by atoms with Crippen molar-refractivity contribution in [3.05, 3.63) is 66.4 Å². The van der Waals surface area contributed by atoms with Gasteiger partial charge >= 0.3 is 0 Å². The monoisotopic (exact) mass is 376 g/mol. The van der Waals surface area contributed by atoms with Crippen LogP contribution in [0.4, 0.5) is 0 Å². The van der Waals surface area contributed by atoms with Crippen LogP contribution in [0, 0.1) is 0 Å². The van der Waals surface area contributed by atoms with E-state index in [1.165, 1.54) is 0 Å². The zero-order valence-electron chi connectivity index (χ0n) is 14.4. The van der Waals surface area contributed by atoms with Crippen molar-refractivity contribution >= 4 is 17.5 Å². The molecule has 0 amide bonds. The smallest absolute Gasteiger partial charge is 0.253 e. The minimum absolute atomic E-state index is 0.589. The van der Waals surface area contributed by atoms with Crippen LogP contribution in [0.25, 0.3) is 17.0 Å². The number of thioether (sulfide) groups is 1. The Morgan fingerprint density at radius 3 is 2.70 bits per heavy atom. The predicted octanol–water partition coefficient (Wildman–Crippen LogP) is 3.85. The number of benzene rings is 2. The Morgan fingerprint density at radius 1 is 0.963 bits per heavy atom. The van der Waals surface area contributed by atoms with Crippen molar-refractivity contribution in [2.75, 3.05) is 13.2 Å². The molecule has 0 unspecified atom stereocenters. The van der Waals surface area contributed by atoms with Crippen molar-refractivity contribution in [3.8, 4) is 22.8 Å². The molecule has 0 saturated carbocycles. The number of rotatable bonds is 4. The number of nitrogens with zero attached hydrogens (tertiary/aromatic N) is 4. The van der Waals surface area contributed by atoms with E-state index >= 15 is 0 Å². The fourth-order valence-corrected chi connectivity index (χ4v) is 3.75. The molecule has 0 bridgehead atoms. The molecular formula is C20H16N4O2S. The third-order valence-electron chi connectivity index (χ3n) is 4.27. The Labute approximate surface area is 160 Å². The molecule has 0 spiro atoms. The Hall–Kier alpha value is -3.06. The van der Waals surface area contributed by atoms with Gasteiger partial charge in [0.25, 0.3) is 5.78 Å². The van der Waals surface area contributed by atoms with Crippen LogP contribution in [0.1, 0.15) is 5.56 Å². The van der Waals surface area contributed by atoms with Gasteiger partial charge in [0.05, 0.1) is 5.69 Å². The van der Waals surface area contributed by atoms with Crippen molar-refractivity contribution < 1.29 is 9.47 Å². The third kappa shape index (κ3) is 3.21. The van der Waals surface area contributed by atoms with Gasteiger partial charge in [0.2, 0.25) is 5.16 Å². The Kier molecular flexibility index (Phi) is 4.14. The molecule has 0 saturated heterocycles. The van der Waals surface area contributed by atoms with Gasteiger partial charge in [-0.2, -0.15) is 9.50 Å². The molecule has 5 rings (SSSR count). The van der Waals surface area contributed by atoms with E-state index in [1.807, 2.05) is 42.5 Å². The zero-order valence-corrected chi connectivity index (χ0v) is 15.2. The fourth-order valence-electron chi connectivity index (χ4n) is 2.99. The van der Waals surface area contributed by atoms with Crippen molar-refractivity contribution in [2.24, 2.45) is 0 Å². The lowest BCUT2D eigenvalue weighted by Crippen LogP contribution is -2.15. The summed E-state index contributed by atoms with van der Waals surface area (Å²) in [4.78, 5) is 8.89. The first-order valence-electron chi connectivity index (χ1n) is 8.65. The molecule has 0 aliphatic carbocycles. The van der Waals surface area contributed by atoms with Crippen LogP contribution in [-0.2, 0) is 5.75 Å². The molecule has 0 radical (unpaired) electrons. The molecule has 6 nitrogen and oxygen atoms in total. The summed E-state index contributed by atoms with van der Waals surface area (Å²) in [5, 5.41) is 5.34. The second-order valence-electron chi connectivity index (χ2n) is 6.07. The number of ether oxygens (including phenoxy) is 2. The summed E-state index contributed by atoms with van der Waals surface area (Å²) < 4.78 is 13.0. The first-order chi connectivity index (χ1) is 13.4. The summed E-state index contributed by atoms with van der Waals surface area (Å²) in [6, 6.07) is 18.1. The van der Waals surface area contributed by atoms with Crippen LogP contribution < -0.4 is 9.47 Å². The van der Waals surface area contributed by atoms with Gasteiger partial charge in [0.15, 0.2) is 11.5 Å². The normalized spacial score (nSPS) is 13.0. The Morgan fingerprint density at radius 2 is 1.81 bits per heavy atom. The molecule has 7 heteroatoms. The highest BCUT2D eigenvalue weighted by Gasteiger charge is 2.13. The van der Waals surface area contributed by atoms with E-state index in [0.717, 1.165) is 34.1 Å². The van der Waals surface area contributed by atoms with Crippen LogP contribution >= 0.6 is 11.8 Å². The molecule has 2 aromatic carbocycles. The fraction of sp³-hybridized carbons (Fsp3) is 0.150. The highest BCUT2D eigenvalue weighted by Crippen LogP contribution is 2.32. The predicted molar refractivity (Wildman–Crippen MR) is 103 cm³/mol. The molecule has 1 aliphatic rings. The van der Waals surface area contributed by atoms with Gasteiger partial charge in [-0.25, -0.2) is 4.98 Å². The van der Waals surface area contributed by atoms with Gasteiger partial charge in [-0.3, -0.25) is 0 Å². The van der Waals surface area contributed by atoms with Crippen LogP contribution in [-0.4, -0.2) is 32.8 Å². The lowest BCUT2D eigenvalue weighted by molar-refractivity contribution is 0.171. The summed E-state index contributed by atoms with van der Waals surface area (Å²) in [5.41, 5.74) is 3.19. The first-order valence-corrected chi connectivity index (χ1v) is 9.64. The quantitative estimate of drug-likeness (QED) is 0.504. The SMILES string of the molecule is c1ccc(-c2ccnc3nc(SCc4ccc5c(c4)OCCO5)nn23)cc1. The first kappa shape index (κ1) is 16.1. The van der Waals surface area contributed by atoms with E-state index in [9.17, 15) is 0 Å². The van der Waals surface area contributed by atoms with E-state index < -0.39 is 0 Å². The van der Waals surface area contributed by atoms with Gasteiger partial charge < -0.3 is 9.47 Å². The molecule has 1 aliphatic heterocycles. The van der Waals surface area contributed by atoms with E-state index in [-0.39, 0.29) is 0 Å². The van der Waals surface area contributed by atoms with E-state index in [1.54, 1.807) is 22.5 Å². The maximum Gasteiger partial charge on any atom is 0.253 e. The maximum atomic E-state index is 5.65. The van der Waals surface area contributed by atoms with Crippen LogP contribution in [0.3, 0.4) is 0 Å². The molecule has 134 valence electrons. The Balaban J connectivity index is 1.40. The molecular weight excluding hydrogens is 360 g/mol. The lowest BCUT2D eigenvalue weighted by atomic mass is 10.1. The summed E-state index contributed by atoms with van der Waals surface area (Å²) in [5.74, 6) is 2.95. The minimum Gasteiger partial charge on any atom is -0.486 e. The zero-order chi connectivity index (χ0) is 18.1. The molecule has 0 fully saturated rings. The molecule has 27 heavy (non-hydrogen) atoms. The number of hydrogen-bond donors (Lipinski definition) is 0. The van der Waals surface area contributed by atoms with Crippen molar-refractivity contribution in [1.29, 1.82) is 0 Å². The van der Waals surface area contributed by atoms with Crippen LogP contribution in [0.5, 0.6) is 11.5 Å². The summed E-state index contributed by atoms with van der Waals surface area (Å²) in [7, 11) is 0. The number of hydrogen-bond acceptors (Lipinski definition) is 6. The number of aromatic nitrogens is 4. The summed E-state index contributed by atoms with van der Waals surface area (Å²) >= 11 is 1.57. The maximum absolute atomic E-state index is 5.65. The van der Waals surface area contributed by atoms with Gasteiger partial charge in [-0.15, -0.1) is 5.10 Å². The van der Waals surface area contributed by atoms with Gasteiger partial charge in [0, 0.05) is 17.5 Å². The van der Waals surface area contributed by atoms with Crippen molar-refractivity contribution in [1.82, 2.24) is 19.6 Å². The van der Waals surface area contributed by atoms with Gasteiger partial charge in [0.1, 0.15) is 13.2 Å². The minimum atomic E-state index is 0.589. The molecule has 0 N–H and O–H groups in total. The second kappa shape index (κ2) is 6.92. The topological polar surface area (TPSA) is 61.5 Å². The second-order valence-corrected chi connectivity index (χ2v) is 7.01. The van der Waals surface area contributed by atoms with E-state index in [2.05, 4.69) is 27.2 Å². The van der Waals surface area contributed by atoms with Crippen LogP contribution in [0.15, 0.2) is 66.0 Å². The van der Waals surface area contributed by atoms with E-state index in [0.29, 0.717) is 24.1 Å². The van der Waals surface area contributed by atoms with Crippen LogP contribution in [0.2, 0.25) is 0 Å². The standard InChI is InChI=1S/C20H16N4O2S/c1-2-4-15(5-3-1)16-8-9-21-19-22-20(23-24(16)19)27-13-14-6-7-17-18(12-14)26-11-10-25-17/h1-9,12H,10-11,13H2. The summed E-state index contributed by atoms with van der Waals surface area (Å²) in [6.45, 7) is 1.19. The largest absolute Gasteiger partial charge is 0.486 e. The summed E-state index contributed by atoms with van der Waals surface area (Å²) in [6.07, 6.45) is 1.77. The highest BCUT2D eigenvalue weighted by atomic mass is 32.2. The van der Waals surface area contributed by atoms with Crippen molar-refractivity contribution in [3.63, 3.8) is 0 Å². The van der Waals surface area contributed by atoms with Gasteiger partial charge in [-0.1, -0.05) is 48.2 Å². The van der Waals surface area contributed by atoms with E-state index in [4.69, 9.17) is 9.47 Å². The highest BCUT2D eigenvalue weighted by molar-refractivity contribution is 7.98. The molecule has 0 atom stereocenters. The Bertz CT molecular complexity index is 1100. The molecule has 3 heterocycles. The number of fused-ring (bicyclic) bond motifs is 2.